The van der Waals surface area contributed by atoms with Crippen LogP contribution in [0.3, 0.4) is 0 Å². The summed E-state index contributed by atoms with van der Waals surface area (Å²) < 4.78 is 40.2. The van der Waals surface area contributed by atoms with Crippen LogP contribution in [-0.4, -0.2) is 33.6 Å². The van der Waals surface area contributed by atoms with Crippen molar-refractivity contribution in [2.24, 2.45) is 0 Å². The van der Waals surface area contributed by atoms with Gasteiger partial charge in [0, 0.05) is 6.54 Å². The lowest BCUT2D eigenvalue weighted by atomic mass is 10.5. The predicted octanol–water partition coefficient (Wildman–Crippen LogP) is 1.52. The summed E-state index contributed by atoms with van der Waals surface area (Å²) in [6, 6.07) is 0. The van der Waals surface area contributed by atoms with E-state index in [9.17, 15) is 18.0 Å². The second-order valence-corrected chi connectivity index (χ2v) is 8.23. The molecule has 7 heteroatoms. The Labute approximate surface area is 81.8 Å². The fourth-order valence-electron chi connectivity index (χ4n) is 0.622. The van der Waals surface area contributed by atoms with Crippen LogP contribution in [0.5, 0.6) is 0 Å². The maximum absolute atomic E-state index is 11.7. The lowest BCUT2D eigenvalue weighted by Crippen LogP contribution is -2.39. The molecule has 0 rings (SSSR count). The topological polar surface area (TPSA) is 38.3 Å². The van der Waals surface area contributed by atoms with Gasteiger partial charge in [0.25, 0.3) is 0 Å². The molecule has 0 fully saturated rings. The van der Waals surface area contributed by atoms with Crippen molar-refractivity contribution in [3.8, 4) is 0 Å². The van der Waals surface area contributed by atoms with E-state index in [0.717, 1.165) is 0 Å². The van der Waals surface area contributed by atoms with Crippen LogP contribution in [0.25, 0.3) is 0 Å². The van der Waals surface area contributed by atoms with Crippen molar-refractivity contribution in [1.29, 1.82) is 0 Å². The highest BCUT2D eigenvalue weighted by molar-refractivity contribution is 6.69. The molecule has 14 heavy (non-hydrogen) atoms. The molecule has 0 saturated heterocycles. The van der Waals surface area contributed by atoms with E-state index in [2.05, 4.69) is 0 Å². The molecule has 0 aromatic carbocycles. The summed E-state index contributed by atoms with van der Waals surface area (Å²) in [7, 11) is -1.71. The van der Waals surface area contributed by atoms with E-state index in [0.29, 0.717) is 0 Å². The first-order valence-electron chi connectivity index (χ1n) is 4.12. The number of carbonyl (C=O) groups excluding carboxylic acids is 1. The smallest absolute Gasteiger partial charge is 0.416 e. The molecule has 3 nitrogen and oxygen atoms in total. The van der Waals surface area contributed by atoms with Gasteiger partial charge in [-0.15, -0.1) is 0 Å². The molecule has 0 aromatic rings. The number of nitrogens with one attached hydrogen (secondary N) is 1. The normalized spacial score (nSPS) is 12.7. The molecule has 0 aliphatic heterocycles. The monoisotopic (exact) mass is 229 g/mol. The van der Waals surface area contributed by atoms with Crippen LogP contribution in [0.2, 0.25) is 19.6 Å². The van der Waals surface area contributed by atoms with Gasteiger partial charge in [0.15, 0.2) is 8.32 Å². The van der Waals surface area contributed by atoms with Crippen molar-refractivity contribution in [3.05, 3.63) is 0 Å². The van der Waals surface area contributed by atoms with Crippen molar-refractivity contribution >= 4 is 14.2 Å². The van der Waals surface area contributed by atoms with E-state index in [1.54, 1.807) is 5.32 Å². The molecule has 0 bridgehead atoms. The van der Waals surface area contributed by atoms with Crippen LogP contribution in [0.1, 0.15) is 0 Å². The molecule has 0 heterocycles. The van der Waals surface area contributed by atoms with Crippen molar-refractivity contribution in [3.63, 3.8) is 0 Å². The number of amides is 1. The summed E-state index contributed by atoms with van der Waals surface area (Å²) in [5, 5.41) is 1.73. The van der Waals surface area contributed by atoms with Crippen molar-refractivity contribution in [2.45, 2.75) is 25.8 Å². The van der Waals surface area contributed by atoms with Gasteiger partial charge >= 0.3 is 12.1 Å². The molecular weight excluding hydrogens is 215 g/mol. The van der Waals surface area contributed by atoms with Gasteiger partial charge in [-0.25, -0.2) is 0 Å². The number of alkyl halides is 3. The van der Waals surface area contributed by atoms with Gasteiger partial charge in [0.05, 0.1) is 6.61 Å². The standard InChI is InChI=1S/C7H14F3NO2Si/c1-14(2,3)13-5-4-11-6(12)7(8,9)10/h4-5H2,1-3H3,(H,11,12). The number of hydrogen-bond acceptors (Lipinski definition) is 2. The van der Waals surface area contributed by atoms with Crippen molar-refractivity contribution in [1.82, 2.24) is 5.32 Å². The van der Waals surface area contributed by atoms with Gasteiger partial charge in [-0.1, -0.05) is 0 Å². The Kier molecular flexibility index (Phi) is 4.59. The highest BCUT2D eigenvalue weighted by Gasteiger charge is 2.38. The van der Waals surface area contributed by atoms with Crippen LogP contribution >= 0.6 is 0 Å². The Hall–Kier alpha value is -0.563. The minimum Gasteiger partial charge on any atom is -0.416 e. The molecule has 84 valence electrons. The molecule has 0 aliphatic rings. The van der Waals surface area contributed by atoms with Gasteiger partial charge in [-0.3, -0.25) is 4.79 Å². The first kappa shape index (κ1) is 13.4. The maximum Gasteiger partial charge on any atom is 0.471 e. The highest BCUT2D eigenvalue weighted by atomic mass is 28.4. The van der Waals surface area contributed by atoms with Crippen LogP contribution in [0, 0.1) is 0 Å². The first-order chi connectivity index (χ1) is 6.13. The van der Waals surface area contributed by atoms with Crippen LogP contribution in [-0.2, 0) is 9.22 Å². The molecule has 0 aromatic heterocycles. The van der Waals surface area contributed by atoms with E-state index < -0.39 is 20.4 Å². The minimum absolute atomic E-state index is 0.109. The van der Waals surface area contributed by atoms with Crippen LogP contribution in [0.4, 0.5) is 13.2 Å². The third-order valence-electron chi connectivity index (χ3n) is 1.18. The zero-order chi connectivity index (χ0) is 11.4. The summed E-state index contributed by atoms with van der Waals surface area (Å²) in [6.45, 7) is 5.76. The van der Waals surface area contributed by atoms with Gasteiger partial charge in [-0.05, 0) is 19.6 Å². The Morgan fingerprint density at radius 3 is 2.21 bits per heavy atom. The molecule has 1 amide bonds. The summed E-state index contributed by atoms with van der Waals surface area (Å²) in [4.78, 5) is 10.3. The third kappa shape index (κ3) is 6.90. The van der Waals surface area contributed by atoms with Crippen LogP contribution < -0.4 is 5.32 Å². The van der Waals surface area contributed by atoms with Gasteiger partial charge in [0.1, 0.15) is 0 Å². The van der Waals surface area contributed by atoms with Gasteiger partial charge < -0.3 is 9.74 Å². The van der Waals surface area contributed by atoms with E-state index in [-0.39, 0.29) is 13.2 Å². The average molecular weight is 229 g/mol. The van der Waals surface area contributed by atoms with E-state index in [4.69, 9.17) is 4.43 Å². The van der Waals surface area contributed by atoms with Gasteiger partial charge in [-0.2, -0.15) is 13.2 Å². The first-order valence-corrected chi connectivity index (χ1v) is 7.53. The molecule has 0 aliphatic carbocycles. The largest absolute Gasteiger partial charge is 0.471 e. The molecule has 0 radical (unpaired) electrons. The molecular formula is C7H14F3NO2Si. The second-order valence-electron chi connectivity index (χ2n) is 3.71. The summed E-state index contributed by atoms with van der Waals surface area (Å²) in [6.07, 6.45) is -4.81. The molecule has 0 unspecified atom stereocenters. The summed E-state index contributed by atoms with van der Waals surface area (Å²) in [5.74, 6) is -1.92. The minimum atomic E-state index is -4.81. The zero-order valence-corrected chi connectivity index (χ0v) is 9.36. The number of halogens is 3. The van der Waals surface area contributed by atoms with Crippen LogP contribution in [0.15, 0.2) is 0 Å². The second kappa shape index (κ2) is 4.79. The zero-order valence-electron chi connectivity index (χ0n) is 8.36. The molecule has 0 spiro atoms. The fraction of sp³-hybridized carbons (Fsp3) is 0.857. The predicted molar refractivity (Wildman–Crippen MR) is 48.4 cm³/mol. The lowest BCUT2D eigenvalue weighted by molar-refractivity contribution is -0.173. The number of carbonyl (C=O) groups is 1. The Bertz CT molecular complexity index is 200. The van der Waals surface area contributed by atoms with Gasteiger partial charge in [0.2, 0.25) is 0 Å². The number of hydrogen-bond donors (Lipinski definition) is 1. The lowest BCUT2D eigenvalue weighted by Gasteiger charge is -2.17. The van der Waals surface area contributed by atoms with E-state index in [1.807, 2.05) is 19.6 Å². The third-order valence-corrected chi connectivity index (χ3v) is 2.25. The fourth-order valence-corrected chi connectivity index (χ4v) is 1.34. The van der Waals surface area contributed by atoms with E-state index >= 15 is 0 Å². The SMILES string of the molecule is C[Si](C)(C)OCCNC(=O)C(F)(F)F. The van der Waals surface area contributed by atoms with Crippen molar-refractivity contribution < 1.29 is 22.4 Å². The highest BCUT2D eigenvalue weighted by Crippen LogP contribution is 2.13. The number of rotatable bonds is 4. The summed E-state index contributed by atoms with van der Waals surface area (Å²) >= 11 is 0. The van der Waals surface area contributed by atoms with E-state index in [1.165, 1.54) is 0 Å². The molecule has 0 atom stereocenters. The molecule has 1 N–H and O–H groups in total. The Balaban J connectivity index is 3.62. The Morgan fingerprint density at radius 1 is 1.36 bits per heavy atom. The van der Waals surface area contributed by atoms with Crippen molar-refractivity contribution in [2.75, 3.05) is 13.2 Å². The maximum atomic E-state index is 11.7. The average Bonchev–Trinajstić information content (AvgIpc) is 1.93. The molecule has 0 saturated carbocycles. The quantitative estimate of drug-likeness (QED) is 0.586. The Morgan fingerprint density at radius 2 is 1.86 bits per heavy atom. The summed E-state index contributed by atoms with van der Waals surface area (Å²) in [5.41, 5.74) is 0.